The average molecular weight is 152 g/mol. The standard InChI is InChI=1S/C11H6N/c12-8-10-6-3-5-9-4-1-2-7-11(9)10/h1-6H. The van der Waals surface area contributed by atoms with Crippen molar-refractivity contribution in [3.8, 4) is 6.07 Å². The maximum atomic E-state index is 8.77. The molecule has 0 amide bonds. The minimum Gasteiger partial charge on any atom is -0.192 e. The molecule has 0 aliphatic rings. The molecule has 1 heteroatoms. The Balaban J connectivity index is 2.91. The van der Waals surface area contributed by atoms with Crippen LogP contribution in [0.25, 0.3) is 10.8 Å². The molecular formula is C11H6N. The van der Waals surface area contributed by atoms with Crippen molar-refractivity contribution >= 4 is 10.8 Å². The first-order valence-corrected chi connectivity index (χ1v) is 3.71. The summed E-state index contributed by atoms with van der Waals surface area (Å²) in [5, 5.41) is 10.7. The van der Waals surface area contributed by atoms with E-state index >= 15 is 0 Å². The van der Waals surface area contributed by atoms with E-state index in [0.29, 0.717) is 5.56 Å². The molecular weight excluding hydrogens is 146 g/mol. The van der Waals surface area contributed by atoms with Crippen molar-refractivity contribution in [2.45, 2.75) is 0 Å². The van der Waals surface area contributed by atoms with Gasteiger partial charge in [-0.2, -0.15) is 5.26 Å². The van der Waals surface area contributed by atoms with Gasteiger partial charge in [0, 0.05) is 5.39 Å². The highest BCUT2D eigenvalue weighted by atomic mass is 14.2. The molecule has 0 fully saturated rings. The van der Waals surface area contributed by atoms with Crippen LogP contribution < -0.4 is 0 Å². The van der Waals surface area contributed by atoms with E-state index in [0.717, 1.165) is 10.8 Å². The first-order chi connectivity index (χ1) is 5.92. The van der Waals surface area contributed by atoms with E-state index in [4.69, 9.17) is 5.26 Å². The Morgan fingerprint density at radius 1 is 1.17 bits per heavy atom. The predicted octanol–water partition coefficient (Wildman–Crippen LogP) is 2.51. The summed E-state index contributed by atoms with van der Waals surface area (Å²) in [5.41, 5.74) is 0.688. The van der Waals surface area contributed by atoms with Gasteiger partial charge in [0.1, 0.15) is 0 Å². The van der Waals surface area contributed by atoms with Crippen molar-refractivity contribution in [2.24, 2.45) is 0 Å². The van der Waals surface area contributed by atoms with E-state index in [9.17, 15) is 0 Å². The van der Waals surface area contributed by atoms with Gasteiger partial charge in [0.2, 0.25) is 0 Å². The first kappa shape index (κ1) is 6.87. The molecule has 55 valence electrons. The highest BCUT2D eigenvalue weighted by Gasteiger charge is 1.96. The van der Waals surface area contributed by atoms with Gasteiger partial charge in [-0.15, -0.1) is 0 Å². The normalized spacial score (nSPS) is 9.58. The monoisotopic (exact) mass is 152 g/mol. The van der Waals surface area contributed by atoms with E-state index in [1.54, 1.807) is 6.07 Å². The lowest BCUT2D eigenvalue weighted by molar-refractivity contribution is 1.50. The number of fused-ring (bicyclic) bond motifs is 1. The first-order valence-electron chi connectivity index (χ1n) is 3.71. The van der Waals surface area contributed by atoms with Crippen molar-refractivity contribution in [2.75, 3.05) is 0 Å². The highest BCUT2D eigenvalue weighted by molar-refractivity contribution is 5.87. The SMILES string of the molecule is N#Cc1cccc2ccc[c]c12. The van der Waals surface area contributed by atoms with Crippen molar-refractivity contribution in [1.82, 2.24) is 0 Å². The molecule has 2 aromatic carbocycles. The summed E-state index contributed by atoms with van der Waals surface area (Å²) < 4.78 is 0. The van der Waals surface area contributed by atoms with Gasteiger partial charge in [0.05, 0.1) is 11.6 Å². The largest absolute Gasteiger partial charge is 0.192 e. The lowest BCUT2D eigenvalue weighted by Gasteiger charge is -1.96. The molecule has 0 saturated carbocycles. The zero-order valence-electron chi connectivity index (χ0n) is 6.41. The molecule has 2 aromatic rings. The number of nitriles is 1. The average Bonchev–Trinajstić information content (AvgIpc) is 2.17. The summed E-state index contributed by atoms with van der Waals surface area (Å²) in [4.78, 5) is 0. The lowest BCUT2D eigenvalue weighted by atomic mass is 10.1. The summed E-state index contributed by atoms with van der Waals surface area (Å²) in [5.74, 6) is 0. The van der Waals surface area contributed by atoms with E-state index in [-0.39, 0.29) is 0 Å². The van der Waals surface area contributed by atoms with E-state index in [1.165, 1.54) is 0 Å². The summed E-state index contributed by atoms with van der Waals surface area (Å²) in [7, 11) is 0. The van der Waals surface area contributed by atoms with Gasteiger partial charge < -0.3 is 0 Å². The van der Waals surface area contributed by atoms with Crippen LogP contribution in [-0.4, -0.2) is 0 Å². The lowest BCUT2D eigenvalue weighted by Crippen LogP contribution is -1.77. The molecule has 2 rings (SSSR count). The fraction of sp³-hybridized carbons (Fsp3) is 0. The van der Waals surface area contributed by atoms with Gasteiger partial charge in [-0.3, -0.25) is 0 Å². The molecule has 12 heavy (non-hydrogen) atoms. The zero-order valence-corrected chi connectivity index (χ0v) is 6.41. The Morgan fingerprint density at radius 2 is 2.00 bits per heavy atom. The second-order valence-corrected chi connectivity index (χ2v) is 2.55. The smallest absolute Gasteiger partial charge is 0.0998 e. The van der Waals surface area contributed by atoms with Gasteiger partial charge in [-0.1, -0.05) is 30.3 Å². The highest BCUT2D eigenvalue weighted by Crippen LogP contribution is 2.16. The van der Waals surface area contributed by atoms with Crippen LogP contribution in [0.4, 0.5) is 0 Å². The Labute approximate surface area is 70.9 Å². The van der Waals surface area contributed by atoms with Crippen LogP contribution in [-0.2, 0) is 0 Å². The Bertz CT molecular complexity index is 447. The molecule has 0 aliphatic carbocycles. The second-order valence-electron chi connectivity index (χ2n) is 2.55. The summed E-state index contributed by atoms with van der Waals surface area (Å²) in [6.45, 7) is 0. The fourth-order valence-corrected chi connectivity index (χ4v) is 1.25. The van der Waals surface area contributed by atoms with Crippen LogP contribution in [0.1, 0.15) is 5.56 Å². The van der Waals surface area contributed by atoms with Gasteiger partial charge in [-0.25, -0.2) is 0 Å². The van der Waals surface area contributed by atoms with Gasteiger partial charge >= 0.3 is 0 Å². The number of rotatable bonds is 0. The quantitative estimate of drug-likeness (QED) is 0.569. The van der Waals surface area contributed by atoms with Crippen LogP contribution in [0.15, 0.2) is 36.4 Å². The topological polar surface area (TPSA) is 23.8 Å². The molecule has 0 aliphatic heterocycles. The summed E-state index contributed by atoms with van der Waals surface area (Å²) in [6, 6.07) is 16.6. The Morgan fingerprint density at radius 3 is 2.83 bits per heavy atom. The number of benzene rings is 2. The number of hydrogen-bond donors (Lipinski definition) is 0. The van der Waals surface area contributed by atoms with E-state index in [1.807, 2.05) is 30.3 Å². The molecule has 0 unspecified atom stereocenters. The third-order valence-electron chi connectivity index (χ3n) is 1.82. The van der Waals surface area contributed by atoms with Crippen LogP contribution in [0, 0.1) is 17.4 Å². The molecule has 1 nitrogen and oxygen atoms in total. The Kier molecular flexibility index (Phi) is 1.53. The summed E-state index contributed by atoms with van der Waals surface area (Å²) >= 11 is 0. The Hall–Kier alpha value is -1.81. The zero-order chi connectivity index (χ0) is 8.39. The van der Waals surface area contributed by atoms with Crippen LogP contribution in [0.2, 0.25) is 0 Å². The molecule has 0 heterocycles. The molecule has 0 N–H and O–H groups in total. The van der Waals surface area contributed by atoms with E-state index < -0.39 is 0 Å². The maximum absolute atomic E-state index is 8.77. The molecule has 0 atom stereocenters. The van der Waals surface area contributed by atoms with Crippen molar-refractivity contribution in [3.05, 3.63) is 48.0 Å². The fourth-order valence-electron chi connectivity index (χ4n) is 1.25. The van der Waals surface area contributed by atoms with Crippen LogP contribution in [0.3, 0.4) is 0 Å². The number of nitrogens with zero attached hydrogens (tertiary/aromatic N) is 1. The maximum Gasteiger partial charge on any atom is 0.0998 e. The third kappa shape index (κ3) is 0.943. The molecule has 0 saturated heterocycles. The molecule has 0 bridgehead atoms. The minimum absolute atomic E-state index is 0.688. The molecule has 0 aromatic heterocycles. The number of hydrogen-bond acceptors (Lipinski definition) is 1. The predicted molar refractivity (Wildman–Crippen MR) is 47.5 cm³/mol. The van der Waals surface area contributed by atoms with E-state index in [2.05, 4.69) is 12.1 Å². The van der Waals surface area contributed by atoms with Gasteiger partial charge in [0.15, 0.2) is 0 Å². The molecule has 0 spiro atoms. The molecule has 1 radical (unpaired) electrons. The second kappa shape index (κ2) is 2.67. The summed E-state index contributed by atoms with van der Waals surface area (Å²) in [6.07, 6.45) is 0. The van der Waals surface area contributed by atoms with Gasteiger partial charge in [0.25, 0.3) is 0 Å². The van der Waals surface area contributed by atoms with Crippen LogP contribution >= 0.6 is 0 Å². The van der Waals surface area contributed by atoms with Crippen molar-refractivity contribution in [1.29, 1.82) is 5.26 Å². The van der Waals surface area contributed by atoms with Crippen molar-refractivity contribution < 1.29 is 0 Å². The minimum atomic E-state index is 0.688. The van der Waals surface area contributed by atoms with Gasteiger partial charge in [-0.05, 0) is 17.5 Å². The van der Waals surface area contributed by atoms with Crippen LogP contribution in [0.5, 0.6) is 0 Å². The third-order valence-corrected chi connectivity index (χ3v) is 1.82. The van der Waals surface area contributed by atoms with Crippen molar-refractivity contribution in [3.63, 3.8) is 0 Å².